The molecule has 10 aromatic rings. The molecule has 0 spiro atoms. The average Bonchev–Trinajstić information content (AvgIpc) is 3.78. The molecule has 0 aliphatic rings. The van der Waals surface area contributed by atoms with Gasteiger partial charge in [0.25, 0.3) is 0 Å². The molecule has 0 aliphatic heterocycles. The predicted molar refractivity (Wildman–Crippen MR) is 210 cm³/mol. The molecule has 0 saturated carbocycles. The highest BCUT2D eigenvalue weighted by molar-refractivity contribution is 6.10. The molecule has 10 rings (SSSR count). The Bertz CT molecular complexity index is 2750. The van der Waals surface area contributed by atoms with Crippen LogP contribution in [0.15, 0.2) is 191 Å². The topological polar surface area (TPSA) is 42.4 Å². The Kier molecular flexibility index (Phi) is 6.78. The van der Waals surface area contributed by atoms with Crippen molar-refractivity contribution in [1.82, 2.24) is 4.98 Å². The van der Waals surface area contributed by atoms with Crippen molar-refractivity contribution in [3.8, 4) is 33.7 Å². The lowest BCUT2D eigenvalue weighted by Crippen LogP contribution is -2.09. The Morgan fingerprint density at radius 1 is 0.353 bits per heavy atom. The number of anilines is 3. The van der Waals surface area contributed by atoms with E-state index in [9.17, 15) is 0 Å². The first-order valence-electron chi connectivity index (χ1n) is 17.1. The summed E-state index contributed by atoms with van der Waals surface area (Å²) in [5.41, 5.74) is 11.9. The van der Waals surface area contributed by atoms with E-state index >= 15 is 0 Å². The number of fused-ring (bicyclic) bond motifs is 5. The molecule has 0 radical (unpaired) electrons. The van der Waals surface area contributed by atoms with Crippen LogP contribution in [-0.2, 0) is 0 Å². The SMILES string of the molecule is c1ccc(-c2ccc(N(c3ccc(-c4ccccc4)cc3)c3ccc4oc5cc6nc(-c7ccc8ccccc8c7)oc6cc5c4c3)cc2)cc1. The number of hydrogen-bond donors (Lipinski definition) is 0. The zero-order valence-electron chi connectivity index (χ0n) is 27.5. The fourth-order valence-electron chi connectivity index (χ4n) is 7.08. The van der Waals surface area contributed by atoms with Crippen LogP contribution in [0.1, 0.15) is 0 Å². The van der Waals surface area contributed by atoms with Crippen molar-refractivity contribution in [2.75, 3.05) is 4.90 Å². The quantitative estimate of drug-likeness (QED) is 0.179. The van der Waals surface area contributed by atoms with E-state index in [2.05, 4.69) is 163 Å². The van der Waals surface area contributed by atoms with Crippen LogP contribution in [-0.4, -0.2) is 4.98 Å². The number of benzene rings is 8. The summed E-state index contributed by atoms with van der Waals surface area (Å²) in [5.74, 6) is 0.595. The summed E-state index contributed by atoms with van der Waals surface area (Å²) in [7, 11) is 0. The minimum absolute atomic E-state index is 0.595. The van der Waals surface area contributed by atoms with E-state index in [1.54, 1.807) is 0 Å². The molecular formula is C47H30N2O2. The van der Waals surface area contributed by atoms with Gasteiger partial charge in [-0.25, -0.2) is 4.98 Å². The maximum absolute atomic E-state index is 6.41. The second-order valence-electron chi connectivity index (χ2n) is 12.8. The molecule has 0 atom stereocenters. The van der Waals surface area contributed by atoms with Crippen LogP contribution in [0.4, 0.5) is 17.1 Å². The van der Waals surface area contributed by atoms with Crippen LogP contribution >= 0.6 is 0 Å². The summed E-state index contributed by atoms with van der Waals surface area (Å²) < 4.78 is 12.8. The number of furan rings is 1. The zero-order chi connectivity index (χ0) is 33.7. The maximum Gasteiger partial charge on any atom is 0.227 e. The zero-order valence-corrected chi connectivity index (χ0v) is 27.5. The largest absolute Gasteiger partial charge is 0.456 e. The van der Waals surface area contributed by atoms with Gasteiger partial charge in [0.1, 0.15) is 16.7 Å². The van der Waals surface area contributed by atoms with Crippen molar-refractivity contribution < 1.29 is 8.83 Å². The first-order chi connectivity index (χ1) is 25.2. The molecule has 0 N–H and O–H groups in total. The van der Waals surface area contributed by atoms with Gasteiger partial charge in [0.2, 0.25) is 5.89 Å². The fraction of sp³-hybridized carbons (Fsp3) is 0. The third-order valence-electron chi connectivity index (χ3n) is 9.68. The molecule has 51 heavy (non-hydrogen) atoms. The van der Waals surface area contributed by atoms with Gasteiger partial charge in [-0.05, 0) is 93.7 Å². The maximum atomic E-state index is 6.41. The monoisotopic (exact) mass is 654 g/mol. The van der Waals surface area contributed by atoms with Crippen LogP contribution in [0.25, 0.3) is 77.5 Å². The van der Waals surface area contributed by atoms with Gasteiger partial charge < -0.3 is 13.7 Å². The molecule has 2 aromatic heterocycles. The smallest absolute Gasteiger partial charge is 0.227 e. The molecule has 8 aromatic carbocycles. The highest BCUT2D eigenvalue weighted by Crippen LogP contribution is 2.41. The molecule has 2 heterocycles. The molecule has 4 heteroatoms. The van der Waals surface area contributed by atoms with Crippen LogP contribution in [0.5, 0.6) is 0 Å². The minimum atomic E-state index is 0.595. The summed E-state index contributed by atoms with van der Waals surface area (Å²) >= 11 is 0. The molecule has 0 bridgehead atoms. The number of rotatable bonds is 6. The van der Waals surface area contributed by atoms with Crippen LogP contribution in [0, 0.1) is 0 Å². The van der Waals surface area contributed by atoms with E-state index in [0.717, 1.165) is 61.1 Å². The lowest BCUT2D eigenvalue weighted by Gasteiger charge is -2.26. The first kappa shape index (κ1) is 29.0. The normalized spacial score (nSPS) is 11.5. The van der Waals surface area contributed by atoms with E-state index in [0.29, 0.717) is 5.89 Å². The summed E-state index contributed by atoms with van der Waals surface area (Å²) in [6, 6.07) is 63.5. The van der Waals surface area contributed by atoms with Gasteiger partial charge in [-0.1, -0.05) is 115 Å². The van der Waals surface area contributed by atoms with Gasteiger partial charge in [0.05, 0.1) is 0 Å². The van der Waals surface area contributed by atoms with E-state index in [1.807, 2.05) is 24.3 Å². The van der Waals surface area contributed by atoms with E-state index < -0.39 is 0 Å². The highest BCUT2D eigenvalue weighted by Gasteiger charge is 2.18. The van der Waals surface area contributed by atoms with Gasteiger partial charge in [-0.2, -0.15) is 0 Å². The van der Waals surface area contributed by atoms with Gasteiger partial charge >= 0.3 is 0 Å². The Morgan fingerprint density at radius 2 is 0.902 bits per heavy atom. The highest BCUT2D eigenvalue weighted by atomic mass is 16.4. The van der Waals surface area contributed by atoms with Crippen molar-refractivity contribution in [3.05, 3.63) is 182 Å². The number of hydrogen-bond acceptors (Lipinski definition) is 4. The van der Waals surface area contributed by atoms with Crippen molar-refractivity contribution in [2.24, 2.45) is 0 Å². The second kappa shape index (κ2) is 11.9. The lowest BCUT2D eigenvalue weighted by molar-refractivity contribution is 0.620. The minimum Gasteiger partial charge on any atom is -0.456 e. The third-order valence-corrected chi connectivity index (χ3v) is 9.68. The fourth-order valence-corrected chi connectivity index (χ4v) is 7.08. The Balaban J connectivity index is 1.08. The van der Waals surface area contributed by atoms with Crippen molar-refractivity contribution >= 4 is 60.9 Å². The average molecular weight is 655 g/mol. The van der Waals surface area contributed by atoms with Crippen molar-refractivity contribution in [2.45, 2.75) is 0 Å². The molecular weight excluding hydrogens is 625 g/mol. The standard InChI is InChI=1S/C47H30N2O2/c1-3-9-31(10-4-1)34-17-21-38(22-18-34)49(39-23-19-35(20-24-39)32-11-5-2-6-12-32)40-25-26-44-41(28-40)42-29-46-43(30-45(42)50-44)48-47(51-46)37-16-15-33-13-7-8-14-36(33)27-37/h1-30H. The van der Waals surface area contributed by atoms with Gasteiger partial charge in [-0.3, -0.25) is 0 Å². The molecule has 240 valence electrons. The van der Waals surface area contributed by atoms with Gasteiger partial charge in [-0.15, -0.1) is 0 Å². The molecule has 0 saturated heterocycles. The summed E-state index contributed by atoms with van der Waals surface area (Å²) in [5, 5.41) is 4.34. The molecule has 0 unspecified atom stereocenters. The predicted octanol–water partition coefficient (Wildman–Crippen LogP) is 13.4. The van der Waals surface area contributed by atoms with Crippen molar-refractivity contribution in [1.29, 1.82) is 0 Å². The van der Waals surface area contributed by atoms with Gasteiger partial charge in [0.15, 0.2) is 5.58 Å². The van der Waals surface area contributed by atoms with Gasteiger partial charge in [0, 0.05) is 39.5 Å². The first-order valence-corrected chi connectivity index (χ1v) is 17.1. The van der Waals surface area contributed by atoms with Crippen LogP contribution in [0.2, 0.25) is 0 Å². The summed E-state index contributed by atoms with van der Waals surface area (Å²) in [4.78, 5) is 7.16. The summed E-state index contributed by atoms with van der Waals surface area (Å²) in [6.45, 7) is 0. The number of aromatic nitrogens is 1. The number of nitrogens with zero attached hydrogens (tertiary/aromatic N) is 2. The van der Waals surface area contributed by atoms with Crippen molar-refractivity contribution in [3.63, 3.8) is 0 Å². The van der Waals surface area contributed by atoms with E-state index in [1.165, 1.54) is 27.6 Å². The summed E-state index contributed by atoms with van der Waals surface area (Å²) in [6.07, 6.45) is 0. The van der Waals surface area contributed by atoms with E-state index in [4.69, 9.17) is 13.8 Å². The van der Waals surface area contributed by atoms with E-state index in [-0.39, 0.29) is 0 Å². The number of oxazole rings is 1. The Labute approximate surface area is 294 Å². The molecule has 4 nitrogen and oxygen atoms in total. The second-order valence-corrected chi connectivity index (χ2v) is 12.8. The van der Waals surface area contributed by atoms with Crippen LogP contribution in [0.3, 0.4) is 0 Å². The Hall–Kier alpha value is -6.91. The molecule has 0 amide bonds. The van der Waals surface area contributed by atoms with Crippen LogP contribution < -0.4 is 4.90 Å². The lowest BCUT2D eigenvalue weighted by atomic mass is 10.0. The Morgan fingerprint density at radius 3 is 1.57 bits per heavy atom. The third kappa shape index (κ3) is 5.22. The molecule has 0 fully saturated rings. The molecule has 0 aliphatic carbocycles.